The summed E-state index contributed by atoms with van der Waals surface area (Å²) >= 11 is 0. The van der Waals surface area contributed by atoms with Gasteiger partial charge in [-0.05, 0) is 37.5 Å². The maximum absolute atomic E-state index is 13.1. The average molecular weight is 374 g/mol. The Kier molecular flexibility index (Phi) is 4.59. The minimum Gasteiger partial charge on any atom is -0.481 e. The van der Waals surface area contributed by atoms with E-state index in [1.807, 2.05) is 67.6 Å². The van der Waals surface area contributed by atoms with Gasteiger partial charge in [0.2, 0.25) is 0 Å². The van der Waals surface area contributed by atoms with Crippen LogP contribution >= 0.6 is 0 Å². The van der Waals surface area contributed by atoms with E-state index in [0.29, 0.717) is 37.2 Å². The lowest BCUT2D eigenvalue weighted by atomic mass is 9.72. The fraction of sp³-hybridized carbons (Fsp3) is 0.261. The quantitative estimate of drug-likeness (QED) is 0.757. The Balaban J connectivity index is 1.59. The van der Waals surface area contributed by atoms with E-state index in [1.54, 1.807) is 4.90 Å². The number of para-hydroxylation sites is 1. The van der Waals surface area contributed by atoms with Crippen LogP contribution in [0.15, 0.2) is 60.7 Å². The van der Waals surface area contributed by atoms with E-state index in [0.717, 1.165) is 16.5 Å². The standard InChI is InChI=1S/C23H22N2O3/c1-16-19(15-17-7-5-6-10-20(17)24-16)21(26)25-13-11-23(12-14-25,22(27)28)18-8-3-2-4-9-18/h2-10,15H,11-14H2,1H3,(H,27,28). The first kappa shape index (κ1) is 18.2. The van der Waals surface area contributed by atoms with Crippen molar-refractivity contribution < 1.29 is 14.7 Å². The number of carboxylic acid groups (broad SMARTS) is 1. The summed E-state index contributed by atoms with van der Waals surface area (Å²) in [5.41, 5.74) is 2.01. The van der Waals surface area contributed by atoms with Gasteiger partial charge >= 0.3 is 5.97 Å². The van der Waals surface area contributed by atoms with Gasteiger partial charge in [0.25, 0.3) is 5.91 Å². The predicted molar refractivity (Wildman–Crippen MR) is 107 cm³/mol. The van der Waals surface area contributed by atoms with Crippen molar-refractivity contribution >= 4 is 22.8 Å². The molecule has 1 N–H and O–H groups in total. The van der Waals surface area contributed by atoms with Gasteiger partial charge in [-0.15, -0.1) is 0 Å². The number of fused-ring (bicyclic) bond motifs is 1. The summed E-state index contributed by atoms with van der Waals surface area (Å²) in [7, 11) is 0. The Morgan fingerprint density at radius 3 is 2.32 bits per heavy atom. The first-order valence-electron chi connectivity index (χ1n) is 9.46. The molecule has 0 spiro atoms. The van der Waals surface area contributed by atoms with E-state index in [4.69, 9.17) is 0 Å². The molecule has 0 unspecified atom stereocenters. The first-order valence-corrected chi connectivity index (χ1v) is 9.46. The number of aromatic nitrogens is 1. The highest BCUT2D eigenvalue weighted by atomic mass is 16.4. The van der Waals surface area contributed by atoms with Gasteiger partial charge in [-0.3, -0.25) is 14.6 Å². The molecule has 1 fully saturated rings. The monoisotopic (exact) mass is 374 g/mol. The van der Waals surface area contributed by atoms with Crippen LogP contribution in [0, 0.1) is 6.92 Å². The highest BCUT2D eigenvalue weighted by Gasteiger charge is 2.44. The highest BCUT2D eigenvalue weighted by molar-refractivity contribution is 5.99. The van der Waals surface area contributed by atoms with Crippen LogP contribution in [0.25, 0.3) is 10.9 Å². The summed E-state index contributed by atoms with van der Waals surface area (Å²) in [6.07, 6.45) is 0.802. The molecular weight excluding hydrogens is 352 g/mol. The second-order valence-electron chi connectivity index (χ2n) is 7.36. The highest BCUT2D eigenvalue weighted by Crippen LogP contribution is 2.36. The molecule has 2 aromatic carbocycles. The largest absolute Gasteiger partial charge is 0.481 e. The van der Waals surface area contributed by atoms with Gasteiger partial charge in [0.1, 0.15) is 0 Å². The number of aryl methyl sites for hydroxylation is 1. The summed E-state index contributed by atoms with van der Waals surface area (Å²) in [6.45, 7) is 2.66. The number of aliphatic carboxylic acids is 1. The number of carbonyl (C=O) groups excluding carboxylic acids is 1. The van der Waals surface area contributed by atoms with Crippen LogP contribution in [0.4, 0.5) is 0 Å². The molecule has 2 heterocycles. The number of benzene rings is 2. The van der Waals surface area contributed by atoms with Crippen LogP contribution < -0.4 is 0 Å². The second-order valence-corrected chi connectivity index (χ2v) is 7.36. The SMILES string of the molecule is Cc1nc2ccccc2cc1C(=O)N1CCC(C(=O)O)(c2ccccc2)CC1. The third kappa shape index (κ3) is 3.03. The zero-order valence-corrected chi connectivity index (χ0v) is 15.8. The Hall–Kier alpha value is -3.21. The molecular formula is C23H22N2O3. The molecule has 0 atom stereocenters. The van der Waals surface area contributed by atoms with Gasteiger partial charge in [0.15, 0.2) is 0 Å². The van der Waals surface area contributed by atoms with E-state index in [2.05, 4.69) is 4.98 Å². The number of nitrogens with zero attached hydrogens (tertiary/aromatic N) is 2. The summed E-state index contributed by atoms with van der Waals surface area (Å²) in [5, 5.41) is 10.9. The van der Waals surface area contributed by atoms with Gasteiger partial charge in [0.05, 0.1) is 22.2 Å². The van der Waals surface area contributed by atoms with E-state index in [9.17, 15) is 14.7 Å². The van der Waals surface area contributed by atoms with Crippen molar-refractivity contribution in [2.24, 2.45) is 0 Å². The lowest BCUT2D eigenvalue weighted by Crippen LogP contribution is -2.49. The van der Waals surface area contributed by atoms with E-state index >= 15 is 0 Å². The minimum atomic E-state index is -0.936. The third-order valence-electron chi connectivity index (χ3n) is 5.78. The number of pyridine rings is 1. The molecule has 5 nitrogen and oxygen atoms in total. The van der Waals surface area contributed by atoms with Gasteiger partial charge < -0.3 is 10.0 Å². The smallest absolute Gasteiger partial charge is 0.314 e. The number of amides is 1. The zero-order chi connectivity index (χ0) is 19.7. The van der Waals surface area contributed by atoms with Crippen molar-refractivity contribution in [1.82, 2.24) is 9.88 Å². The number of hydrogen-bond acceptors (Lipinski definition) is 3. The van der Waals surface area contributed by atoms with Gasteiger partial charge in [-0.1, -0.05) is 48.5 Å². The molecule has 1 aliphatic rings. The van der Waals surface area contributed by atoms with Crippen LogP contribution in [-0.4, -0.2) is 40.0 Å². The van der Waals surface area contributed by atoms with Crippen molar-refractivity contribution in [2.45, 2.75) is 25.2 Å². The fourth-order valence-electron chi connectivity index (χ4n) is 4.07. The third-order valence-corrected chi connectivity index (χ3v) is 5.78. The number of piperidine rings is 1. The summed E-state index contributed by atoms with van der Waals surface area (Å²) in [6, 6.07) is 18.9. The van der Waals surface area contributed by atoms with Gasteiger partial charge in [-0.2, -0.15) is 0 Å². The maximum atomic E-state index is 13.1. The number of rotatable bonds is 3. The maximum Gasteiger partial charge on any atom is 0.314 e. The molecule has 0 bridgehead atoms. The van der Waals surface area contributed by atoms with Crippen LogP contribution in [-0.2, 0) is 10.2 Å². The summed E-state index contributed by atoms with van der Waals surface area (Å²) < 4.78 is 0. The van der Waals surface area contributed by atoms with Crippen LogP contribution in [0.3, 0.4) is 0 Å². The van der Waals surface area contributed by atoms with E-state index < -0.39 is 11.4 Å². The number of likely N-dealkylation sites (tertiary alicyclic amines) is 1. The molecule has 28 heavy (non-hydrogen) atoms. The first-order chi connectivity index (χ1) is 13.5. The Morgan fingerprint density at radius 1 is 1.00 bits per heavy atom. The molecule has 1 aromatic heterocycles. The Labute approximate surface area is 163 Å². The molecule has 0 saturated carbocycles. The van der Waals surface area contributed by atoms with Crippen molar-refractivity contribution in [3.63, 3.8) is 0 Å². The van der Waals surface area contributed by atoms with Crippen LogP contribution in [0.5, 0.6) is 0 Å². The molecule has 4 rings (SSSR count). The molecule has 1 saturated heterocycles. The van der Waals surface area contributed by atoms with E-state index in [1.165, 1.54) is 0 Å². The average Bonchev–Trinajstić information content (AvgIpc) is 2.73. The predicted octanol–water partition coefficient (Wildman–Crippen LogP) is 3.80. The molecule has 5 heteroatoms. The molecule has 1 aliphatic heterocycles. The minimum absolute atomic E-state index is 0.0807. The second kappa shape index (κ2) is 7.08. The molecule has 3 aromatic rings. The molecule has 0 aliphatic carbocycles. The molecule has 142 valence electrons. The summed E-state index contributed by atoms with van der Waals surface area (Å²) in [5.74, 6) is -0.905. The van der Waals surface area contributed by atoms with Gasteiger partial charge in [-0.25, -0.2) is 0 Å². The number of hydrogen-bond donors (Lipinski definition) is 1. The summed E-state index contributed by atoms with van der Waals surface area (Å²) in [4.78, 5) is 31.5. The van der Waals surface area contributed by atoms with Crippen molar-refractivity contribution in [2.75, 3.05) is 13.1 Å². The lowest BCUT2D eigenvalue weighted by molar-refractivity contribution is -0.145. The van der Waals surface area contributed by atoms with E-state index in [-0.39, 0.29) is 5.91 Å². The normalized spacial score (nSPS) is 16.1. The van der Waals surface area contributed by atoms with Crippen LogP contribution in [0.1, 0.15) is 34.5 Å². The van der Waals surface area contributed by atoms with Crippen LogP contribution in [0.2, 0.25) is 0 Å². The Morgan fingerprint density at radius 2 is 1.64 bits per heavy atom. The van der Waals surface area contributed by atoms with Crippen molar-refractivity contribution in [3.8, 4) is 0 Å². The molecule has 1 amide bonds. The fourth-order valence-corrected chi connectivity index (χ4v) is 4.07. The topological polar surface area (TPSA) is 70.5 Å². The lowest BCUT2D eigenvalue weighted by Gasteiger charge is -2.39. The molecule has 0 radical (unpaired) electrons. The number of carboxylic acids is 1. The Bertz CT molecular complexity index is 1040. The van der Waals surface area contributed by atoms with Gasteiger partial charge in [0, 0.05) is 18.5 Å². The number of carbonyl (C=O) groups is 2. The van der Waals surface area contributed by atoms with Crippen molar-refractivity contribution in [1.29, 1.82) is 0 Å². The zero-order valence-electron chi connectivity index (χ0n) is 15.8. The van der Waals surface area contributed by atoms with Crippen molar-refractivity contribution in [3.05, 3.63) is 77.5 Å².